The summed E-state index contributed by atoms with van der Waals surface area (Å²) >= 11 is 0. The molecule has 2 rings (SSSR count). The topological polar surface area (TPSA) is 95.9 Å². The van der Waals surface area contributed by atoms with Crippen LogP contribution < -0.4 is 15.0 Å². The summed E-state index contributed by atoms with van der Waals surface area (Å²) < 4.78 is 5.55. The standard InChI is InChI=1S/C18H24N2O5/c1-11(2)18(4,9-16(22)23)19-15(21)10-20-13-7-5-6-8-14(13)25-12(3)17(20)24/h5-8,11-12H,9-10H2,1-4H3,(H,19,21)(H,22,23). The van der Waals surface area contributed by atoms with Gasteiger partial charge in [0.1, 0.15) is 12.3 Å². The Balaban J connectivity index is 2.19. The molecule has 0 aromatic heterocycles. The predicted molar refractivity (Wildman–Crippen MR) is 92.5 cm³/mol. The molecular formula is C18H24N2O5. The van der Waals surface area contributed by atoms with Crippen LogP contribution in [-0.2, 0) is 14.4 Å². The van der Waals surface area contributed by atoms with Crippen LogP contribution in [-0.4, -0.2) is 41.1 Å². The summed E-state index contributed by atoms with van der Waals surface area (Å²) in [6, 6.07) is 7.01. The third kappa shape index (κ3) is 4.10. The van der Waals surface area contributed by atoms with Gasteiger partial charge in [-0.3, -0.25) is 19.3 Å². The first-order valence-electron chi connectivity index (χ1n) is 8.24. The normalized spacial score (nSPS) is 19.0. The lowest BCUT2D eigenvalue weighted by Crippen LogP contribution is -2.55. The fourth-order valence-electron chi connectivity index (χ4n) is 2.73. The van der Waals surface area contributed by atoms with Gasteiger partial charge in [-0.2, -0.15) is 0 Å². The highest BCUT2D eigenvalue weighted by Gasteiger charge is 2.36. The van der Waals surface area contributed by atoms with E-state index in [0.717, 1.165) is 0 Å². The maximum atomic E-state index is 12.5. The molecule has 1 heterocycles. The third-order valence-corrected chi connectivity index (χ3v) is 4.59. The molecule has 1 aromatic rings. The van der Waals surface area contributed by atoms with Crippen molar-refractivity contribution in [1.29, 1.82) is 0 Å². The number of carboxylic acids is 1. The Morgan fingerprint density at radius 3 is 2.60 bits per heavy atom. The molecule has 0 radical (unpaired) electrons. The Morgan fingerprint density at radius 2 is 2.00 bits per heavy atom. The van der Waals surface area contributed by atoms with Crippen molar-refractivity contribution in [3.8, 4) is 5.75 Å². The minimum atomic E-state index is -0.988. The third-order valence-electron chi connectivity index (χ3n) is 4.59. The lowest BCUT2D eigenvalue weighted by Gasteiger charge is -2.36. The molecule has 2 unspecified atom stereocenters. The molecule has 1 aliphatic rings. The van der Waals surface area contributed by atoms with Crippen LogP contribution >= 0.6 is 0 Å². The van der Waals surface area contributed by atoms with Crippen LogP contribution in [0.1, 0.15) is 34.1 Å². The lowest BCUT2D eigenvalue weighted by molar-refractivity contribution is -0.139. The molecule has 0 saturated heterocycles. The number of para-hydroxylation sites is 2. The molecule has 0 bridgehead atoms. The summed E-state index contributed by atoms with van der Waals surface area (Å²) in [7, 11) is 0. The van der Waals surface area contributed by atoms with E-state index in [9.17, 15) is 14.4 Å². The highest BCUT2D eigenvalue weighted by atomic mass is 16.5. The number of nitrogens with one attached hydrogen (secondary N) is 1. The van der Waals surface area contributed by atoms with Crippen LogP contribution in [0.25, 0.3) is 0 Å². The average Bonchev–Trinajstić information content (AvgIpc) is 2.50. The number of aliphatic carboxylic acids is 1. The van der Waals surface area contributed by atoms with Crippen molar-refractivity contribution in [2.45, 2.75) is 45.8 Å². The molecule has 2 atom stereocenters. The Morgan fingerprint density at radius 1 is 1.36 bits per heavy atom. The number of rotatable bonds is 6. The van der Waals surface area contributed by atoms with Gasteiger partial charge in [-0.1, -0.05) is 26.0 Å². The van der Waals surface area contributed by atoms with Crippen LogP contribution in [0, 0.1) is 5.92 Å². The number of carbonyl (C=O) groups is 3. The van der Waals surface area contributed by atoms with Gasteiger partial charge in [-0.15, -0.1) is 0 Å². The zero-order chi connectivity index (χ0) is 18.8. The minimum absolute atomic E-state index is 0.0841. The second-order valence-corrected chi connectivity index (χ2v) is 6.84. The van der Waals surface area contributed by atoms with E-state index >= 15 is 0 Å². The number of carbonyl (C=O) groups excluding carboxylic acids is 2. The summed E-state index contributed by atoms with van der Waals surface area (Å²) in [5, 5.41) is 11.9. The predicted octanol–water partition coefficient (Wildman–Crippen LogP) is 1.81. The Kier molecular flexibility index (Phi) is 5.35. The molecule has 2 amide bonds. The van der Waals surface area contributed by atoms with E-state index in [4.69, 9.17) is 9.84 Å². The largest absolute Gasteiger partial charge is 0.481 e. The number of fused-ring (bicyclic) bond motifs is 1. The summed E-state index contributed by atoms with van der Waals surface area (Å²) in [6.07, 6.45) is -0.876. The van der Waals surface area contributed by atoms with Crippen LogP contribution in [0.5, 0.6) is 5.75 Å². The first-order valence-corrected chi connectivity index (χ1v) is 8.24. The number of carboxylic acid groups (broad SMARTS) is 1. The molecule has 1 aliphatic heterocycles. The van der Waals surface area contributed by atoms with Crippen molar-refractivity contribution in [2.75, 3.05) is 11.4 Å². The highest BCUT2D eigenvalue weighted by Crippen LogP contribution is 2.33. The van der Waals surface area contributed by atoms with E-state index in [1.165, 1.54) is 4.90 Å². The molecule has 0 fully saturated rings. The number of nitrogens with zero attached hydrogens (tertiary/aromatic N) is 1. The Bertz CT molecular complexity index is 688. The van der Waals surface area contributed by atoms with Crippen molar-refractivity contribution in [3.63, 3.8) is 0 Å². The second kappa shape index (κ2) is 7.13. The van der Waals surface area contributed by atoms with Crippen LogP contribution in [0.2, 0.25) is 0 Å². The van der Waals surface area contributed by atoms with Gasteiger partial charge >= 0.3 is 5.97 Å². The number of hydrogen-bond donors (Lipinski definition) is 2. The minimum Gasteiger partial charge on any atom is -0.481 e. The van der Waals surface area contributed by atoms with Gasteiger partial charge in [0, 0.05) is 0 Å². The van der Waals surface area contributed by atoms with Crippen LogP contribution in [0.4, 0.5) is 5.69 Å². The van der Waals surface area contributed by atoms with E-state index in [2.05, 4.69) is 5.32 Å². The zero-order valence-electron chi connectivity index (χ0n) is 14.9. The van der Waals surface area contributed by atoms with Gasteiger partial charge in [0.25, 0.3) is 5.91 Å². The number of amides is 2. The molecule has 7 heteroatoms. The van der Waals surface area contributed by atoms with Crippen molar-refractivity contribution in [2.24, 2.45) is 5.92 Å². The zero-order valence-corrected chi connectivity index (χ0v) is 14.9. The number of hydrogen-bond acceptors (Lipinski definition) is 4. The summed E-state index contributed by atoms with van der Waals surface area (Å²) in [5.41, 5.74) is -0.367. The summed E-state index contributed by atoms with van der Waals surface area (Å²) in [4.78, 5) is 37.5. The molecule has 25 heavy (non-hydrogen) atoms. The molecule has 2 N–H and O–H groups in total. The highest BCUT2D eigenvalue weighted by molar-refractivity contribution is 6.03. The van der Waals surface area contributed by atoms with E-state index in [1.807, 2.05) is 13.8 Å². The first-order chi connectivity index (χ1) is 11.6. The van der Waals surface area contributed by atoms with Gasteiger partial charge in [0.15, 0.2) is 6.10 Å². The first kappa shape index (κ1) is 18.8. The van der Waals surface area contributed by atoms with Gasteiger partial charge in [-0.05, 0) is 31.9 Å². The summed E-state index contributed by atoms with van der Waals surface area (Å²) in [6.45, 7) is 6.83. The fraction of sp³-hybridized carbons (Fsp3) is 0.500. The smallest absolute Gasteiger partial charge is 0.305 e. The van der Waals surface area contributed by atoms with Crippen molar-refractivity contribution in [1.82, 2.24) is 5.32 Å². The van der Waals surface area contributed by atoms with Crippen LogP contribution in [0.15, 0.2) is 24.3 Å². The monoisotopic (exact) mass is 348 g/mol. The van der Waals surface area contributed by atoms with Crippen molar-refractivity contribution >= 4 is 23.5 Å². The number of anilines is 1. The molecular weight excluding hydrogens is 324 g/mol. The molecule has 0 saturated carbocycles. The molecule has 0 spiro atoms. The maximum Gasteiger partial charge on any atom is 0.305 e. The Hall–Kier alpha value is -2.57. The number of benzene rings is 1. The summed E-state index contributed by atoms with van der Waals surface area (Å²) in [5.74, 6) is -1.25. The SMILES string of the molecule is CC1Oc2ccccc2N(CC(=O)NC(C)(CC(=O)O)C(C)C)C1=O. The van der Waals surface area contributed by atoms with E-state index in [0.29, 0.717) is 11.4 Å². The van der Waals surface area contributed by atoms with E-state index in [-0.39, 0.29) is 24.8 Å². The lowest BCUT2D eigenvalue weighted by atomic mass is 9.85. The van der Waals surface area contributed by atoms with Gasteiger partial charge in [0.2, 0.25) is 5.91 Å². The molecule has 0 aliphatic carbocycles. The second-order valence-electron chi connectivity index (χ2n) is 6.84. The van der Waals surface area contributed by atoms with E-state index in [1.54, 1.807) is 38.1 Å². The fourth-order valence-corrected chi connectivity index (χ4v) is 2.73. The Labute approximate surface area is 147 Å². The molecule has 1 aromatic carbocycles. The average molecular weight is 348 g/mol. The van der Waals surface area contributed by atoms with E-state index < -0.39 is 23.5 Å². The van der Waals surface area contributed by atoms with Crippen molar-refractivity contribution in [3.05, 3.63) is 24.3 Å². The van der Waals surface area contributed by atoms with Gasteiger partial charge in [0.05, 0.1) is 17.6 Å². The number of ether oxygens (including phenoxy) is 1. The maximum absolute atomic E-state index is 12.5. The van der Waals surface area contributed by atoms with Crippen LogP contribution in [0.3, 0.4) is 0 Å². The van der Waals surface area contributed by atoms with Gasteiger partial charge in [-0.25, -0.2) is 0 Å². The molecule has 136 valence electrons. The molecule has 7 nitrogen and oxygen atoms in total. The van der Waals surface area contributed by atoms with Crippen molar-refractivity contribution < 1.29 is 24.2 Å². The van der Waals surface area contributed by atoms with Gasteiger partial charge < -0.3 is 15.2 Å². The quantitative estimate of drug-likeness (QED) is 0.817.